The van der Waals surface area contributed by atoms with Gasteiger partial charge in [0.1, 0.15) is 0 Å². The molecule has 2 aliphatic rings. The Balaban J connectivity index is 0.000000366. The molecule has 0 amide bonds. The molecule has 0 heterocycles. The summed E-state index contributed by atoms with van der Waals surface area (Å²) >= 11 is 1.51. The molecule has 0 aliphatic heterocycles. The van der Waals surface area contributed by atoms with E-state index < -0.39 is 0 Å². The van der Waals surface area contributed by atoms with Crippen molar-refractivity contribution in [3.8, 4) is 11.1 Å². The van der Waals surface area contributed by atoms with Gasteiger partial charge in [0.25, 0.3) is 0 Å². The van der Waals surface area contributed by atoms with Gasteiger partial charge in [-0.15, -0.1) is 5.56 Å². The van der Waals surface area contributed by atoms with E-state index in [9.17, 15) is 0 Å². The Morgan fingerprint density at radius 1 is 0.783 bits per heavy atom. The Bertz CT molecular complexity index is 1460. The molecule has 3 heteroatoms. The number of benzene rings is 3. The van der Waals surface area contributed by atoms with E-state index in [1.807, 2.05) is 0 Å². The monoisotopic (exact) mass is 732 g/mol. The van der Waals surface area contributed by atoms with E-state index >= 15 is 0 Å². The largest absolute Gasteiger partial charge is 1.00 e. The molecule has 0 radical (unpaired) electrons. The fourth-order valence-corrected chi connectivity index (χ4v) is 6.06. The van der Waals surface area contributed by atoms with Gasteiger partial charge in [-0.25, -0.2) is 5.57 Å². The predicted molar refractivity (Wildman–Crippen MR) is 190 cm³/mol. The van der Waals surface area contributed by atoms with E-state index in [2.05, 4.69) is 163 Å². The minimum absolute atomic E-state index is 0. The van der Waals surface area contributed by atoms with Crippen LogP contribution in [0.15, 0.2) is 71.8 Å². The Hall–Kier alpha value is -1.53. The summed E-state index contributed by atoms with van der Waals surface area (Å²) in [6.45, 7) is 29.2. The topological polar surface area (TPSA) is 0 Å². The molecule has 46 heavy (non-hydrogen) atoms. The van der Waals surface area contributed by atoms with Crippen LogP contribution in [0.3, 0.4) is 0 Å². The third-order valence-corrected chi connectivity index (χ3v) is 9.37. The van der Waals surface area contributed by atoms with E-state index in [1.54, 1.807) is 0 Å². The predicted octanol–water partition coefficient (Wildman–Crippen LogP) is 5.88. The van der Waals surface area contributed by atoms with Gasteiger partial charge >= 0.3 is 76.7 Å². The van der Waals surface area contributed by atoms with Crippen molar-refractivity contribution in [2.24, 2.45) is 11.3 Å². The number of hydrogen-bond acceptors (Lipinski definition) is 0. The summed E-state index contributed by atoms with van der Waals surface area (Å²) < 4.78 is 1.46. The third kappa shape index (κ3) is 11.3. The molecule has 0 N–H and O–H groups in total. The van der Waals surface area contributed by atoms with E-state index in [0.29, 0.717) is 11.3 Å². The van der Waals surface area contributed by atoms with Crippen LogP contribution in [0.1, 0.15) is 129 Å². The first-order valence-electron chi connectivity index (χ1n) is 16.5. The summed E-state index contributed by atoms with van der Waals surface area (Å²) in [5, 5.41) is 0. The van der Waals surface area contributed by atoms with Gasteiger partial charge in [-0.2, -0.15) is 41.0 Å². The van der Waals surface area contributed by atoms with Crippen LogP contribution < -0.4 is 24.8 Å². The van der Waals surface area contributed by atoms with Gasteiger partial charge in [0, 0.05) is 0 Å². The zero-order valence-corrected chi connectivity index (χ0v) is 34.7. The van der Waals surface area contributed by atoms with Crippen LogP contribution in [0.25, 0.3) is 11.1 Å². The molecular formula is C43H56Cl2Zr-2. The first kappa shape index (κ1) is 42.5. The maximum atomic E-state index is 3.57. The summed E-state index contributed by atoms with van der Waals surface area (Å²) in [5.74, 6) is 0.573. The van der Waals surface area contributed by atoms with Crippen LogP contribution in [-0.4, -0.2) is 3.21 Å². The van der Waals surface area contributed by atoms with Gasteiger partial charge < -0.3 is 24.8 Å². The second-order valence-electron chi connectivity index (χ2n) is 15.6. The minimum atomic E-state index is 0. The molecule has 0 bridgehead atoms. The summed E-state index contributed by atoms with van der Waals surface area (Å²) in [6.07, 6.45) is 9.31. The van der Waals surface area contributed by atoms with Crippen molar-refractivity contribution in [2.45, 2.75) is 120 Å². The van der Waals surface area contributed by atoms with Crippen molar-refractivity contribution < 1.29 is 49.0 Å². The molecule has 0 nitrogen and oxygen atoms in total. The van der Waals surface area contributed by atoms with Crippen LogP contribution in [0.4, 0.5) is 0 Å². The standard InChI is InChI=1S/C21H25.C13H21.C9H10.2ClH.Zr/c1-20(2,3)16-9-7-14-11-15-8-10-17(21(4,5)6)13-19(15)18(14)12-16;1-6-10-8-11(7-2)12(9-10)13(3,4)5;1-3-9-6-4-8(2)5-7-9;;;/h7,9-10,12-13H,11H2,1-6H3;9-10H,6-7H2,1-5H3;4-7H,1-2H3;2*1H;/q2*-1;;;;+2/p-2. The summed E-state index contributed by atoms with van der Waals surface area (Å²) in [6, 6.07) is 23.7. The molecule has 1 atom stereocenters. The molecule has 5 rings (SSSR count). The molecular weight excluding hydrogens is 679 g/mol. The third-order valence-electron chi connectivity index (χ3n) is 8.66. The molecule has 0 fully saturated rings. The Labute approximate surface area is 310 Å². The van der Waals surface area contributed by atoms with Gasteiger partial charge in [0.05, 0.1) is 0 Å². The molecule has 0 spiro atoms. The van der Waals surface area contributed by atoms with Gasteiger partial charge in [-0.05, 0) is 17.4 Å². The fourth-order valence-electron chi connectivity index (χ4n) is 5.65. The maximum absolute atomic E-state index is 3.57. The number of hydrogen-bond donors (Lipinski definition) is 0. The molecule has 3 aromatic carbocycles. The van der Waals surface area contributed by atoms with Crippen LogP contribution in [0, 0.1) is 30.4 Å². The van der Waals surface area contributed by atoms with Gasteiger partial charge in [-0.1, -0.05) is 135 Å². The first-order valence-corrected chi connectivity index (χ1v) is 17.7. The number of allylic oxidation sites excluding steroid dienone is 4. The normalized spacial score (nSPS) is 15.0. The van der Waals surface area contributed by atoms with Crippen molar-refractivity contribution >= 4 is 3.21 Å². The molecule has 0 aromatic heterocycles. The molecule has 3 aromatic rings. The minimum Gasteiger partial charge on any atom is -1.00 e. The van der Waals surface area contributed by atoms with Crippen LogP contribution >= 0.6 is 0 Å². The Morgan fingerprint density at radius 2 is 1.35 bits per heavy atom. The molecule has 248 valence electrons. The van der Waals surface area contributed by atoms with Crippen LogP contribution in [-0.2, 0) is 41.5 Å². The number of rotatable bonds is 3. The Morgan fingerprint density at radius 3 is 1.80 bits per heavy atom. The Kier molecular flexibility index (Phi) is 15.9. The smallest absolute Gasteiger partial charge is 1.00 e. The second-order valence-corrected chi connectivity index (χ2v) is 17.5. The van der Waals surface area contributed by atoms with Crippen LogP contribution in [0.5, 0.6) is 0 Å². The first-order chi connectivity index (χ1) is 20.3. The zero-order chi connectivity index (χ0) is 33.0. The van der Waals surface area contributed by atoms with Gasteiger partial charge in [0.2, 0.25) is 0 Å². The second kappa shape index (κ2) is 17.2. The maximum Gasteiger partial charge on any atom is -1.00 e. The molecule has 1 unspecified atom stereocenters. The average Bonchev–Trinajstić information content (AvgIpc) is 3.54. The molecule has 2 aliphatic carbocycles. The quantitative estimate of drug-likeness (QED) is 0.231. The van der Waals surface area contributed by atoms with Gasteiger partial charge in [-0.3, -0.25) is 6.08 Å². The summed E-state index contributed by atoms with van der Waals surface area (Å²) in [7, 11) is 0. The van der Waals surface area contributed by atoms with Crippen molar-refractivity contribution in [2.75, 3.05) is 0 Å². The summed E-state index contributed by atoms with van der Waals surface area (Å²) in [4.78, 5) is 0. The number of aryl methyl sites for hydroxylation is 1. The van der Waals surface area contributed by atoms with Gasteiger partial charge in [0.15, 0.2) is 0 Å². The van der Waals surface area contributed by atoms with Crippen LogP contribution in [0.2, 0.25) is 0 Å². The summed E-state index contributed by atoms with van der Waals surface area (Å²) in [5.41, 5.74) is 14.7. The van der Waals surface area contributed by atoms with E-state index in [0.717, 1.165) is 12.8 Å². The average molecular weight is 735 g/mol. The number of halogens is 2. The fraction of sp³-hybridized carbons (Fsp3) is 0.465. The molecule has 0 saturated heterocycles. The molecule has 0 saturated carbocycles. The van der Waals surface area contributed by atoms with Crippen molar-refractivity contribution in [3.63, 3.8) is 0 Å². The number of fused-ring (bicyclic) bond motifs is 3. The van der Waals surface area contributed by atoms with Crippen molar-refractivity contribution in [3.05, 3.63) is 117 Å². The van der Waals surface area contributed by atoms with E-state index in [-0.39, 0.29) is 35.6 Å². The van der Waals surface area contributed by atoms with E-state index in [4.69, 9.17) is 0 Å². The van der Waals surface area contributed by atoms with E-state index in [1.165, 1.54) is 89.5 Å². The van der Waals surface area contributed by atoms with Crippen molar-refractivity contribution in [1.82, 2.24) is 0 Å². The SMILES string of the molecule is CC(C)(C)c1c[c-]c2c(c1)-c1cc(C(C)(C)C)ccc1C2.CCC1=[C-]C(CC)C=C1C(C)(C)C.C[C](=[Zr+2])c1ccc(C)cc1.[Cl-].[Cl-]. The zero-order valence-electron chi connectivity index (χ0n) is 30.7. The van der Waals surface area contributed by atoms with Crippen molar-refractivity contribution in [1.29, 1.82) is 0 Å².